The van der Waals surface area contributed by atoms with Gasteiger partial charge in [-0.25, -0.2) is 10.2 Å². The summed E-state index contributed by atoms with van der Waals surface area (Å²) < 4.78 is 11.0. The van der Waals surface area contributed by atoms with E-state index in [-0.39, 0.29) is 11.8 Å². The minimum Gasteiger partial charge on any atom is -0.493 e. The SMILES string of the molecule is COc1cc(/C=N/NC(=O)c2cc(-c3ccccc3)nc(=O)[nH]2)ccc1OC(C)C. The summed E-state index contributed by atoms with van der Waals surface area (Å²) in [6.45, 7) is 3.86. The van der Waals surface area contributed by atoms with E-state index in [4.69, 9.17) is 9.47 Å². The van der Waals surface area contributed by atoms with Crippen LogP contribution in [0.5, 0.6) is 11.5 Å². The average molecular weight is 406 g/mol. The number of hydrogen-bond acceptors (Lipinski definition) is 6. The van der Waals surface area contributed by atoms with Gasteiger partial charge in [0.05, 0.1) is 25.1 Å². The third-order valence-corrected chi connectivity index (χ3v) is 3.99. The van der Waals surface area contributed by atoms with Crippen LogP contribution >= 0.6 is 0 Å². The smallest absolute Gasteiger partial charge is 0.346 e. The van der Waals surface area contributed by atoms with Crippen LogP contribution < -0.4 is 20.6 Å². The fraction of sp³-hybridized carbons (Fsp3) is 0.182. The molecule has 0 unspecified atom stereocenters. The van der Waals surface area contributed by atoms with Crippen LogP contribution in [-0.4, -0.2) is 35.3 Å². The Bertz CT molecular complexity index is 1110. The van der Waals surface area contributed by atoms with Crippen molar-refractivity contribution < 1.29 is 14.3 Å². The lowest BCUT2D eigenvalue weighted by molar-refractivity contribution is 0.0949. The number of amides is 1. The van der Waals surface area contributed by atoms with Gasteiger partial charge in [-0.1, -0.05) is 30.3 Å². The second-order valence-electron chi connectivity index (χ2n) is 6.63. The lowest BCUT2D eigenvalue weighted by Gasteiger charge is -2.13. The molecule has 0 aliphatic carbocycles. The number of carbonyl (C=O) groups excluding carboxylic acids is 1. The highest BCUT2D eigenvalue weighted by Crippen LogP contribution is 2.28. The molecule has 30 heavy (non-hydrogen) atoms. The zero-order valence-electron chi connectivity index (χ0n) is 16.9. The number of nitrogens with one attached hydrogen (secondary N) is 2. The van der Waals surface area contributed by atoms with E-state index in [2.05, 4.69) is 20.5 Å². The number of benzene rings is 2. The molecule has 0 aliphatic heterocycles. The van der Waals surface area contributed by atoms with Crippen LogP contribution in [0.1, 0.15) is 29.9 Å². The van der Waals surface area contributed by atoms with Gasteiger partial charge in [0.15, 0.2) is 11.5 Å². The first kappa shape index (κ1) is 20.8. The Hall–Kier alpha value is -3.94. The molecule has 0 saturated carbocycles. The zero-order valence-corrected chi connectivity index (χ0v) is 16.9. The summed E-state index contributed by atoms with van der Waals surface area (Å²) in [6.07, 6.45) is 1.48. The normalized spacial score (nSPS) is 10.9. The van der Waals surface area contributed by atoms with Crippen LogP contribution in [0.25, 0.3) is 11.3 Å². The Morgan fingerprint density at radius 2 is 1.90 bits per heavy atom. The van der Waals surface area contributed by atoms with E-state index >= 15 is 0 Å². The summed E-state index contributed by atoms with van der Waals surface area (Å²) in [6, 6.07) is 15.9. The fourth-order valence-corrected chi connectivity index (χ4v) is 2.68. The topological polar surface area (TPSA) is 106 Å². The van der Waals surface area contributed by atoms with Gasteiger partial charge in [0.1, 0.15) is 5.69 Å². The summed E-state index contributed by atoms with van der Waals surface area (Å²) in [5.41, 5.74) is 3.68. The van der Waals surface area contributed by atoms with Crippen LogP contribution in [0.3, 0.4) is 0 Å². The molecule has 8 heteroatoms. The van der Waals surface area contributed by atoms with Crippen LogP contribution in [0.2, 0.25) is 0 Å². The number of nitrogens with zero attached hydrogens (tertiary/aromatic N) is 2. The van der Waals surface area contributed by atoms with Gasteiger partial charge in [-0.05, 0) is 43.7 Å². The summed E-state index contributed by atoms with van der Waals surface area (Å²) in [5.74, 6) is 0.621. The second-order valence-corrected chi connectivity index (χ2v) is 6.63. The molecule has 0 saturated heterocycles. The summed E-state index contributed by atoms with van der Waals surface area (Å²) in [7, 11) is 1.55. The Morgan fingerprint density at radius 1 is 1.13 bits per heavy atom. The van der Waals surface area contributed by atoms with Gasteiger partial charge in [-0.2, -0.15) is 10.1 Å². The summed E-state index contributed by atoms with van der Waals surface area (Å²) >= 11 is 0. The molecule has 0 spiro atoms. The summed E-state index contributed by atoms with van der Waals surface area (Å²) in [4.78, 5) is 30.6. The standard InChI is InChI=1S/C22H22N4O4/c1-14(2)30-19-10-9-15(11-20(19)29-3)13-23-26-21(27)18-12-17(24-22(28)25-18)16-7-5-4-6-8-16/h4-14H,1-3H3,(H,26,27)(H,24,25,28)/b23-13+. The van der Waals surface area contributed by atoms with E-state index in [9.17, 15) is 9.59 Å². The molecule has 8 nitrogen and oxygen atoms in total. The van der Waals surface area contributed by atoms with E-state index < -0.39 is 11.6 Å². The van der Waals surface area contributed by atoms with Crippen molar-refractivity contribution >= 4 is 12.1 Å². The minimum absolute atomic E-state index is 0.0148. The van der Waals surface area contributed by atoms with Crippen molar-refractivity contribution in [3.8, 4) is 22.8 Å². The molecule has 2 N–H and O–H groups in total. The number of carbonyl (C=O) groups is 1. The number of hydrogen-bond donors (Lipinski definition) is 2. The first-order valence-electron chi connectivity index (χ1n) is 9.31. The van der Waals surface area contributed by atoms with E-state index in [0.717, 1.165) is 5.56 Å². The number of H-pyrrole nitrogens is 1. The maximum Gasteiger partial charge on any atom is 0.346 e. The molecule has 0 atom stereocenters. The van der Waals surface area contributed by atoms with E-state index in [1.807, 2.05) is 44.2 Å². The quantitative estimate of drug-likeness (QED) is 0.463. The van der Waals surface area contributed by atoms with Gasteiger partial charge in [0.25, 0.3) is 5.91 Å². The van der Waals surface area contributed by atoms with Crippen LogP contribution in [-0.2, 0) is 0 Å². The van der Waals surface area contributed by atoms with Gasteiger partial charge >= 0.3 is 5.69 Å². The number of ether oxygens (including phenoxy) is 2. The number of aromatic amines is 1. The first-order chi connectivity index (χ1) is 14.5. The van der Waals surface area contributed by atoms with Crippen LogP contribution in [0.15, 0.2) is 64.5 Å². The number of rotatable bonds is 7. The molecule has 1 amide bonds. The van der Waals surface area contributed by atoms with Crippen molar-refractivity contribution in [2.45, 2.75) is 20.0 Å². The van der Waals surface area contributed by atoms with E-state index in [1.54, 1.807) is 25.3 Å². The molecule has 0 fully saturated rings. The lowest BCUT2D eigenvalue weighted by Crippen LogP contribution is -2.24. The van der Waals surface area contributed by atoms with Crippen molar-refractivity contribution in [2.24, 2.45) is 5.10 Å². The number of hydrazone groups is 1. The highest BCUT2D eigenvalue weighted by atomic mass is 16.5. The largest absolute Gasteiger partial charge is 0.493 e. The first-order valence-corrected chi connectivity index (χ1v) is 9.31. The van der Waals surface area contributed by atoms with E-state index in [0.29, 0.717) is 22.8 Å². The Kier molecular flexibility index (Phi) is 6.59. The monoisotopic (exact) mass is 406 g/mol. The van der Waals surface area contributed by atoms with Crippen LogP contribution in [0, 0.1) is 0 Å². The minimum atomic E-state index is -0.615. The summed E-state index contributed by atoms with van der Waals surface area (Å²) in [5, 5.41) is 3.95. The highest BCUT2D eigenvalue weighted by molar-refractivity contribution is 5.94. The van der Waals surface area contributed by atoms with E-state index in [1.165, 1.54) is 12.3 Å². The van der Waals surface area contributed by atoms with Gasteiger partial charge in [0.2, 0.25) is 0 Å². The second kappa shape index (κ2) is 9.51. The molecular formula is C22H22N4O4. The maximum absolute atomic E-state index is 12.4. The number of methoxy groups -OCH3 is 1. The lowest BCUT2D eigenvalue weighted by atomic mass is 10.1. The molecule has 0 aliphatic rings. The van der Waals surface area contributed by atoms with Gasteiger partial charge < -0.3 is 14.5 Å². The predicted molar refractivity (Wildman–Crippen MR) is 114 cm³/mol. The van der Waals surface area contributed by atoms with Crippen molar-refractivity contribution in [2.75, 3.05) is 7.11 Å². The Labute approximate surface area is 173 Å². The van der Waals surface area contributed by atoms with Crippen LogP contribution in [0.4, 0.5) is 0 Å². The molecular weight excluding hydrogens is 384 g/mol. The maximum atomic E-state index is 12.4. The van der Waals surface area contributed by atoms with Crippen molar-refractivity contribution in [3.05, 3.63) is 76.3 Å². The molecule has 3 rings (SSSR count). The molecule has 0 radical (unpaired) electrons. The molecule has 3 aromatic rings. The van der Waals surface area contributed by atoms with Gasteiger partial charge in [0, 0.05) is 5.56 Å². The molecule has 1 aromatic heterocycles. The molecule has 154 valence electrons. The zero-order chi connectivity index (χ0) is 21.5. The Morgan fingerprint density at radius 3 is 2.60 bits per heavy atom. The third kappa shape index (κ3) is 5.32. The fourth-order valence-electron chi connectivity index (χ4n) is 2.68. The molecule has 1 heterocycles. The molecule has 2 aromatic carbocycles. The van der Waals surface area contributed by atoms with Crippen molar-refractivity contribution in [3.63, 3.8) is 0 Å². The number of aromatic nitrogens is 2. The van der Waals surface area contributed by atoms with Gasteiger partial charge in [-0.3, -0.25) is 4.79 Å². The predicted octanol–water partition coefficient (Wildman–Crippen LogP) is 3.00. The molecule has 0 bridgehead atoms. The van der Waals surface area contributed by atoms with Crippen molar-refractivity contribution in [1.29, 1.82) is 0 Å². The average Bonchev–Trinajstić information content (AvgIpc) is 2.74. The third-order valence-electron chi connectivity index (χ3n) is 3.99. The van der Waals surface area contributed by atoms with Crippen molar-refractivity contribution in [1.82, 2.24) is 15.4 Å². The Balaban J connectivity index is 1.73. The van der Waals surface area contributed by atoms with Gasteiger partial charge in [-0.15, -0.1) is 0 Å². The highest BCUT2D eigenvalue weighted by Gasteiger charge is 2.10.